The first-order valence-electron chi connectivity index (χ1n) is 8.04. The highest BCUT2D eigenvalue weighted by molar-refractivity contribution is 5.36. The molecule has 2 heteroatoms. The van der Waals surface area contributed by atoms with Gasteiger partial charge in [-0.05, 0) is 57.4 Å². The van der Waals surface area contributed by atoms with Crippen molar-refractivity contribution in [3.05, 3.63) is 34.9 Å². The summed E-state index contributed by atoms with van der Waals surface area (Å²) in [5.74, 6) is 0. The van der Waals surface area contributed by atoms with Gasteiger partial charge in [-0.1, -0.05) is 38.0 Å². The van der Waals surface area contributed by atoms with Crippen molar-refractivity contribution in [1.82, 2.24) is 4.90 Å². The summed E-state index contributed by atoms with van der Waals surface area (Å²) in [5, 5.41) is 0. The lowest BCUT2D eigenvalue weighted by atomic mass is 9.94. The van der Waals surface area contributed by atoms with Crippen molar-refractivity contribution in [2.75, 3.05) is 13.1 Å². The van der Waals surface area contributed by atoms with Crippen molar-refractivity contribution in [3.8, 4) is 0 Å². The van der Waals surface area contributed by atoms with Gasteiger partial charge in [0, 0.05) is 18.6 Å². The first kappa shape index (κ1) is 17.2. The number of nitrogens with zero attached hydrogens (tertiary/aromatic N) is 1. The van der Waals surface area contributed by atoms with Crippen molar-refractivity contribution < 1.29 is 0 Å². The SMILES string of the molecule is CCCCCN(C(C)C)C(CN)c1c(C)cccc1C. The maximum absolute atomic E-state index is 6.14. The molecule has 0 aliphatic carbocycles. The van der Waals surface area contributed by atoms with Gasteiger partial charge >= 0.3 is 0 Å². The zero-order valence-corrected chi connectivity index (χ0v) is 13.9. The van der Waals surface area contributed by atoms with E-state index in [1.165, 1.54) is 36.0 Å². The summed E-state index contributed by atoms with van der Waals surface area (Å²) < 4.78 is 0. The van der Waals surface area contributed by atoms with Crippen molar-refractivity contribution in [1.29, 1.82) is 0 Å². The number of unbranched alkanes of at least 4 members (excludes halogenated alkanes) is 2. The Bertz CT molecular complexity index is 378. The summed E-state index contributed by atoms with van der Waals surface area (Å²) >= 11 is 0. The van der Waals surface area contributed by atoms with E-state index in [-0.39, 0.29) is 0 Å². The third kappa shape index (κ3) is 4.32. The number of hydrogen-bond acceptors (Lipinski definition) is 2. The average molecular weight is 276 g/mol. The summed E-state index contributed by atoms with van der Waals surface area (Å²) in [6.07, 6.45) is 3.83. The topological polar surface area (TPSA) is 29.3 Å². The normalized spacial score (nSPS) is 13.2. The zero-order valence-electron chi connectivity index (χ0n) is 13.9. The van der Waals surface area contributed by atoms with Gasteiger partial charge in [-0.25, -0.2) is 0 Å². The highest BCUT2D eigenvalue weighted by Crippen LogP contribution is 2.28. The molecule has 20 heavy (non-hydrogen) atoms. The molecule has 0 saturated carbocycles. The summed E-state index contributed by atoms with van der Waals surface area (Å²) in [5.41, 5.74) is 10.3. The highest BCUT2D eigenvalue weighted by atomic mass is 15.2. The van der Waals surface area contributed by atoms with E-state index in [0.29, 0.717) is 18.6 Å². The van der Waals surface area contributed by atoms with E-state index in [4.69, 9.17) is 5.73 Å². The quantitative estimate of drug-likeness (QED) is 0.721. The molecule has 0 fully saturated rings. The summed E-state index contributed by atoms with van der Waals surface area (Å²) in [7, 11) is 0. The standard InChI is InChI=1S/C18H32N2/c1-6-7-8-12-20(14(2)3)17(13-19)18-15(4)10-9-11-16(18)5/h9-11,14,17H,6-8,12-13,19H2,1-5H3. The fourth-order valence-corrected chi connectivity index (χ4v) is 3.09. The molecule has 2 N–H and O–H groups in total. The van der Waals surface area contributed by atoms with Crippen LogP contribution in [0.15, 0.2) is 18.2 Å². The molecule has 1 aromatic rings. The van der Waals surface area contributed by atoms with Crippen LogP contribution in [-0.2, 0) is 0 Å². The van der Waals surface area contributed by atoms with Crippen molar-refractivity contribution >= 4 is 0 Å². The number of hydrogen-bond donors (Lipinski definition) is 1. The molecular weight excluding hydrogens is 244 g/mol. The minimum absolute atomic E-state index is 0.341. The monoisotopic (exact) mass is 276 g/mol. The van der Waals surface area contributed by atoms with Gasteiger partial charge in [0.25, 0.3) is 0 Å². The Balaban J connectivity index is 3.00. The predicted octanol–water partition coefficient (Wildman–Crippen LogP) is 4.20. The van der Waals surface area contributed by atoms with E-state index in [1.807, 2.05) is 0 Å². The zero-order chi connectivity index (χ0) is 15.1. The molecule has 0 radical (unpaired) electrons. The first-order chi connectivity index (χ1) is 9.52. The van der Waals surface area contributed by atoms with Crippen molar-refractivity contribution in [2.24, 2.45) is 5.73 Å². The van der Waals surface area contributed by atoms with Gasteiger partial charge < -0.3 is 5.73 Å². The van der Waals surface area contributed by atoms with Crippen LogP contribution in [0.1, 0.15) is 62.8 Å². The smallest absolute Gasteiger partial charge is 0.0478 e. The Hall–Kier alpha value is -0.860. The van der Waals surface area contributed by atoms with E-state index in [2.05, 4.69) is 57.7 Å². The van der Waals surface area contributed by atoms with Gasteiger partial charge in [0.2, 0.25) is 0 Å². The molecule has 1 rings (SSSR count). The molecule has 0 spiro atoms. The van der Waals surface area contributed by atoms with E-state index < -0.39 is 0 Å². The molecule has 114 valence electrons. The van der Waals surface area contributed by atoms with Crippen LogP contribution in [0, 0.1) is 13.8 Å². The van der Waals surface area contributed by atoms with E-state index in [0.717, 1.165) is 6.54 Å². The third-order valence-corrected chi connectivity index (χ3v) is 4.18. The minimum atomic E-state index is 0.341. The molecule has 0 saturated heterocycles. The van der Waals surface area contributed by atoms with E-state index in [9.17, 15) is 0 Å². The second-order valence-electron chi connectivity index (χ2n) is 6.10. The van der Waals surface area contributed by atoms with Crippen LogP contribution in [-0.4, -0.2) is 24.0 Å². The lowest BCUT2D eigenvalue weighted by Gasteiger charge is -2.36. The predicted molar refractivity (Wildman–Crippen MR) is 89.1 cm³/mol. The number of benzene rings is 1. The largest absolute Gasteiger partial charge is 0.329 e. The molecule has 0 bridgehead atoms. The van der Waals surface area contributed by atoms with Crippen LogP contribution in [0.2, 0.25) is 0 Å². The average Bonchev–Trinajstić information content (AvgIpc) is 2.40. The Kier molecular flexibility index (Phi) is 7.25. The van der Waals surface area contributed by atoms with E-state index in [1.54, 1.807) is 0 Å². The molecule has 0 heterocycles. The molecule has 0 aliphatic heterocycles. The Morgan fingerprint density at radius 2 is 1.70 bits per heavy atom. The lowest BCUT2D eigenvalue weighted by Crippen LogP contribution is -2.40. The fraction of sp³-hybridized carbons (Fsp3) is 0.667. The van der Waals surface area contributed by atoms with Crippen molar-refractivity contribution in [3.63, 3.8) is 0 Å². The molecule has 0 aliphatic rings. The van der Waals surface area contributed by atoms with Crippen molar-refractivity contribution in [2.45, 2.75) is 66.0 Å². The van der Waals surface area contributed by atoms with Crippen LogP contribution in [0.4, 0.5) is 0 Å². The number of nitrogens with two attached hydrogens (primary N) is 1. The first-order valence-corrected chi connectivity index (χ1v) is 8.04. The molecular formula is C18H32N2. The minimum Gasteiger partial charge on any atom is -0.329 e. The van der Waals surface area contributed by atoms with Crippen LogP contribution in [0.5, 0.6) is 0 Å². The Labute approximate surface area is 125 Å². The summed E-state index contributed by atoms with van der Waals surface area (Å²) in [4.78, 5) is 2.57. The third-order valence-electron chi connectivity index (χ3n) is 4.18. The maximum Gasteiger partial charge on any atom is 0.0478 e. The van der Waals surface area contributed by atoms with E-state index >= 15 is 0 Å². The maximum atomic E-state index is 6.14. The van der Waals surface area contributed by atoms with Gasteiger partial charge in [0.1, 0.15) is 0 Å². The second-order valence-corrected chi connectivity index (χ2v) is 6.10. The lowest BCUT2D eigenvalue weighted by molar-refractivity contribution is 0.153. The van der Waals surface area contributed by atoms with Gasteiger partial charge in [-0.2, -0.15) is 0 Å². The molecule has 2 nitrogen and oxygen atoms in total. The summed E-state index contributed by atoms with van der Waals surface area (Å²) in [6, 6.07) is 7.41. The molecule has 0 amide bonds. The fourth-order valence-electron chi connectivity index (χ4n) is 3.09. The second kappa shape index (κ2) is 8.43. The Morgan fingerprint density at radius 1 is 1.10 bits per heavy atom. The van der Waals surface area contributed by atoms with Gasteiger partial charge in [-0.3, -0.25) is 4.90 Å². The molecule has 1 aromatic carbocycles. The van der Waals surface area contributed by atoms with Crippen LogP contribution < -0.4 is 5.73 Å². The number of aryl methyl sites for hydroxylation is 2. The number of rotatable bonds is 8. The highest BCUT2D eigenvalue weighted by Gasteiger charge is 2.23. The molecule has 0 aromatic heterocycles. The van der Waals surface area contributed by atoms with Crippen LogP contribution >= 0.6 is 0 Å². The van der Waals surface area contributed by atoms with Crippen LogP contribution in [0.3, 0.4) is 0 Å². The van der Waals surface area contributed by atoms with Gasteiger partial charge in [-0.15, -0.1) is 0 Å². The Morgan fingerprint density at radius 3 is 2.15 bits per heavy atom. The summed E-state index contributed by atoms with van der Waals surface area (Å²) in [6.45, 7) is 13.1. The molecule has 1 atom stereocenters. The van der Waals surface area contributed by atoms with Gasteiger partial charge in [0.05, 0.1) is 0 Å². The van der Waals surface area contributed by atoms with Crippen LogP contribution in [0.25, 0.3) is 0 Å². The molecule has 1 unspecified atom stereocenters. The van der Waals surface area contributed by atoms with Gasteiger partial charge in [0.15, 0.2) is 0 Å².